The van der Waals surface area contributed by atoms with Crippen LogP contribution in [0.4, 0.5) is 0 Å². The van der Waals surface area contributed by atoms with Gasteiger partial charge in [-0.3, -0.25) is 4.79 Å². The van der Waals surface area contributed by atoms with E-state index in [2.05, 4.69) is 10.6 Å². The summed E-state index contributed by atoms with van der Waals surface area (Å²) >= 11 is 0. The molecule has 0 aromatic rings. The van der Waals surface area contributed by atoms with E-state index in [9.17, 15) is 4.79 Å². The number of ether oxygens (including phenoxy) is 2. The Balaban J connectivity index is 0.00000220. The number of piperidine rings is 1. The van der Waals surface area contributed by atoms with Crippen molar-refractivity contribution in [3.63, 3.8) is 0 Å². The SMILES string of the molecule is COC1(C(=O)NCCCOC2CCCC2)CCNCC1.Cl. The Bertz CT molecular complexity index is 303. The number of methoxy groups -OCH3 is 1. The van der Waals surface area contributed by atoms with Crippen LogP contribution < -0.4 is 10.6 Å². The van der Waals surface area contributed by atoms with Crippen molar-refractivity contribution in [2.45, 2.75) is 56.7 Å². The minimum Gasteiger partial charge on any atom is -0.378 e. The van der Waals surface area contributed by atoms with E-state index in [1.165, 1.54) is 25.7 Å². The van der Waals surface area contributed by atoms with Crippen molar-refractivity contribution >= 4 is 18.3 Å². The van der Waals surface area contributed by atoms with E-state index in [4.69, 9.17) is 9.47 Å². The molecule has 0 spiro atoms. The summed E-state index contributed by atoms with van der Waals surface area (Å²) in [5.74, 6) is 0.0300. The van der Waals surface area contributed by atoms with E-state index >= 15 is 0 Å². The molecule has 0 aromatic carbocycles. The Labute approximate surface area is 133 Å². The average Bonchev–Trinajstić information content (AvgIpc) is 3.00. The Morgan fingerprint density at radius 3 is 2.57 bits per heavy atom. The summed E-state index contributed by atoms with van der Waals surface area (Å²) in [6.45, 7) is 3.09. The molecule has 2 N–H and O–H groups in total. The summed E-state index contributed by atoms with van der Waals surface area (Å²) in [5, 5.41) is 6.25. The molecule has 1 saturated carbocycles. The fraction of sp³-hybridized carbons (Fsp3) is 0.933. The van der Waals surface area contributed by atoms with E-state index in [1.54, 1.807) is 7.11 Å². The zero-order valence-corrected chi connectivity index (χ0v) is 13.8. The molecular weight excluding hydrogens is 292 g/mol. The molecule has 1 amide bonds. The molecule has 0 bridgehead atoms. The highest BCUT2D eigenvalue weighted by Gasteiger charge is 2.39. The largest absolute Gasteiger partial charge is 0.378 e. The summed E-state index contributed by atoms with van der Waals surface area (Å²) < 4.78 is 11.3. The first-order chi connectivity index (χ1) is 9.77. The molecule has 1 heterocycles. The van der Waals surface area contributed by atoms with Crippen molar-refractivity contribution in [3.05, 3.63) is 0 Å². The molecule has 1 saturated heterocycles. The number of carbonyl (C=O) groups excluding carboxylic acids is 1. The molecule has 0 radical (unpaired) electrons. The van der Waals surface area contributed by atoms with Gasteiger partial charge in [-0.05, 0) is 45.2 Å². The normalized spacial score (nSPS) is 21.8. The topological polar surface area (TPSA) is 59.6 Å². The smallest absolute Gasteiger partial charge is 0.252 e. The second-order valence-corrected chi connectivity index (χ2v) is 5.84. The van der Waals surface area contributed by atoms with Crippen molar-refractivity contribution in [1.29, 1.82) is 0 Å². The zero-order chi connectivity index (χ0) is 14.3. The van der Waals surface area contributed by atoms with Crippen LogP contribution in [0.25, 0.3) is 0 Å². The highest BCUT2D eigenvalue weighted by atomic mass is 35.5. The lowest BCUT2D eigenvalue weighted by Crippen LogP contribution is -2.54. The van der Waals surface area contributed by atoms with Gasteiger partial charge in [-0.15, -0.1) is 12.4 Å². The molecular formula is C15H29ClN2O3. The number of nitrogens with one attached hydrogen (secondary N) is 2. The maximum atomic E-state index is 12.3. The number of hydrogen-bond donors (Lipinski definition) is 2. The van der Waals surface area contributed by atoms with E-state index in [1.807, 2.05) is 0 Å². The van der Waals surface area contributed by atoms with Crippen LogP contribution in [-0.4, -0.2) is 51.0 Å². The van der Waals surface area contributed by atoms with Gasteiger partial charge in [-0.1, -0.05) is 12.8 Å². The lowest BCUT2D eigenvalue weighted by molar-refractivity contribution is -0.146. The van der Waals surface area contributed by atoms with Crippen LogP contribution in [0, 0.1) is 0 Å². The zero-order valence-electron chi connectivity index (χ0n) is 13.0. The van der Waals surface area contributed by atoms with Crippen LogP contribution in [-0.2, 0) is 14.3 Å². The van der Waals surface area contributed by atoms with E-state index in [0.717, 1.165) is 39.0 Å². The van der Waals surface area contributed by atoms with Gasteiger partial charge in [0.1, 0.15) is 5.60 Å². The van der Waals surface area contributed by atoms with Crippen molar-refractivity contribution in [2.24, 2.45) is 0 Å². The number of hydrogen-bond acceptors (Lipinski definition) is 4. The molecule has 5 nitrogen and oxygen atoms in total. The fourth-order valence-electron chi connectivity index (χ4n) is 3.09. The first kappa shape index (κ1) is 18.7. The van der Waals surface area contributed by atoms with E-state index < -0.39 is 5.60 Å². The molecule has 1 aliphatic heterocycles. The molecule has 0 unspecified atom stereocenters. The molecule has 2 rings (SSSR count). The Kier molecular flexibility index (Phi) is 8.56. The van der Waals surface area contributed by atoms with Gasteiger partial charge in [0.2, 0.25) is 0 Å². The van der Waals surface area contributed by atoms with Gasteiger partial charge < -0.3 is 20.1 Å². The second-order valence-electron chi connectivity index (χ2n) is 5.84. The number of rotatable bonds is 7. The van der Waals surface area contributed by atoms with Gasteiger partial charge >= 0.3 is 0 Å². The lowest BCUT2D eigenvalue weighted by atomic mass is 9.91. The predicted molar refractivity (Wildman–Crippen MR) is 84.9 cm³/mol. The van der Waals surface area contributed by atoms with Crippen molar-refractivity contribution in [2.75, 3.05) is 33.4 Å². The van der Waals surface area contributed by atoms with Crippen molar-refractivity contribution in [1.82, 2.24) is 10.6 Å². The predicted octanol–water partition coefficient (Wildman–Crippen LogP) is 1.64. The maximum absolute atomic E-state index is 12.3. The van der Waals surface area contributed by atoms with E-state index in [-0.39, 0.29) is 18.3 Å². The monoisotopic (exact) mass is 320 g/mol. The summed E-state index contributed by atoms with van der Waals surface area (Å²) in [7, 11) is 1.63. The van der Waals surface area contributed by atoms with Crippen LogP contribution in [0.1, 0.15) is 44.9 Å². The highest BCUT2D eigenvalue weighted by molar-refractivity contribution is 5.85. The summed E-state index contributed by atoms with van der Waals surface area (Å²) in [6.07, 6.45) is 7.82. The number of halogens is 1. The third kappa shape index (κ3) is 5.40. The van der Waals surface area contributed by atoms with Crippen molar-refractivity contribution < 1.29 is 14.3 Å². The Morgan fingerprint density at radius 2 is 1.95 bits per heavy atom. The first-order valence-electron chi connectivity index (χ1n) is 7.93. The Hall–Kier alpha value is -0.360. The van der Waals surface area contributed by atoms with E-state index in [0.29, 0.717) is 12.6 Å². The molecule has 0 atom stereocenters. The van der Waals surface area contributed by atoms with Crippen LogP contribution in [0.5, 0.6) is 0 Å². The van der Waals surface area contributed by atoms with Gasteiger partial charge in [0, 0.05) is 20.3 Å². The van der Waals surface area contributed by atoms with Gasteiger partial charge in [0.05, 0.1) is 6.10 Å². The van der Waals surface area contributed by atoms with Crippen LogP contribution in [0.3, 0.4) is 0 Å². The molecule has 124 valence electrons. The van der Waals surface area contributed by atoms with Gasteiger partial charge in [0.15, 0.2) is 0 Å². The molecule has 1 aliphatic carbocycles. The first-order valence-corrected chi connectivity index (χ1v) is 7.93. The van der Waals surface area contributed by atoms with Crippen LogP contribution in [0.2, 0.25) is 0 Å². The van der Waals surface area contributed by atoms with Gasteiger partial charge in [0.25, 0.3) is 5.91 Å². The minimum absolute atomic E-state index is 0. The molecule has 21 heavy (non-hydrogen) atoms. The van der Waals surface area contributed by atoms with Gasteiger partial charge in [-0.25, -0.2) is 0 Å². The molecule has 2 aliphatic rings. The van der Waals surface area contributed by atoms with Gasteiger partial charge in [-0.2, -0.15) is 0 Å². The quantitative estimate of drug-likeness (QED) is 0.700. The minimum atomic E-state index is -0.627. The molecule has 0 aromatic heterocycles. The third-order valence-electron chi connectivity index (χ3n) is 4.48. The molecule has 6 heteroatoms. The van der Waals surface area contributed by atoms with Crippen LogP contribution >= 0.6 is 12.4 Å². The molecule has 2 fully saturated rings. The number of carbonyl (C=O) groups is 1. The summed E-state index contributed by atoms with van der Waals surface area (Å²) in [6, 6.07) is 0. The maximum Gasteiger partial charge on any atom is 0.252 e. The summed E-state index contributed by atoms with van der Waals surface area (Å²) in [4.78, 5) is 12.3. The second kappa shape index (κ2) is 9.62. The third-order valence-corrected chi connectivity index (χ3v) is 4.48. The average molecular weight is 321 g/mol. The summed E-state index contributed by atoms with van der Waals surface area (Å²) in [5.41, 5.74) is -0.627. The number of amides is 1. The standard InChI is InChI=1S/C15H28N2O3.ClH/c1-19-15(7-10-16-11-8-15)14(18)17-9-4-12-20-13-5-2-3-6-13;/h13,16H,2-12H2,1H3,(H,17,18);1H. The van der Waals surface area contributed by atoms with Crippen LogP contribution in [0.15, 0.2) is 0 Å². The highest BCUT2D eigenvalue weighted by Crippen LogP contribution is 2.23. The fourth-order valence-corrected chi connectivity index (χ4v) is 3.09. The van der Waals surface area contributed by atoms with Crippen molar-refractivity contribution in [3.8, 4) is 0 Å². The Morgan fingerprint density at radius 1 is 1.29 bits per heavy atom. The lowest BCUT2D eigenvalue weighted by Gasteiger charge is -2.34.